The van der Waals surface area contributed by atoms with E-state index in [1.165, 1.54) is 0 Å². The number of amides is 1. The number of carbonyl (C=O) groups is 1. The van der Waals surface area contributed by atoms with E-state index in [4.69, 9.17) is 4.74 Å². The lowest BCUT2D eigenvalue weighted by molar-refractivity contribution is -0.115. The third-order valence-electron chi connectivity index (χ3n) is 2.92. The van der Waals surface area contributed by atoms with Crippen LogP contribution in [-0.4, -0.2) is 47.5 Å². The van der Waals surface area contributed by atoms with E-state index in [0.717, 1.165) is 5.56 Å². The van der Waals surface area contributed by atoms with Crippen molar-refractivity contribution >= 4 is 11.6 Å². The average molecular weight is 289 g/mol. The highest BCUT2D eigenvalue weighted by molar-refractivity contribution is 5.95. The van der Waals surface area contributed by atoms with Crippen LogP contribution >= 0.6 is 0 Å². The molecule has 0 saturated heterocycles. The van der Waals surface area contributed by atoms with Crippen LogP contribution in [0.1, 0.15) is 0 Å². The van der Waals surface area contributed by atoms with Gasteiger partial charge in [-0.05, 0) is 12.1 Å². The molecule has 0 atom stereocenters. The first-order valence-electron chi connectivity index (χ1n) is 6.65. The fourth-order valence-corrected chi connectivity index (χ4v) is 1.88. The van der Waals surface area contributed by atoms with Gasteiger partial charge >= 0.3 is 0 Å². The largest absolute Gasteiger partial charge is 0.383 e. The quantitative estimate of drug-likeness (QED) is 0.732. The van der Waals surface area contributed by atoms with Gasteiger partial charge in [0, 0.05) is 26.3 Å². The predicted octanol–water partition coefficient (Wildman–Crippen LogP) is 0.657. The number of anilines is 1. The molecule has 0 aliphatic carbocycles. The summed E-state index contributed by atoms with van der Waals surface area (Å²) in [6.45, 7) is 1.44. The van der Waals surface area contributed by atoms with Crippen LogP contribution in [-0.2, 0) is 16.6 Å². The number of aromatic nitrogens is 3. The zero-order valence-corrected chi connectivity index (χ0v) is 12.2. The summed E-state index contributed by atoms with van der Waals surface area (Å²) < 4.78 is 6.72. The maximum atomic E-state index is 11.9. The molecule has 0 unspecified atom stereocenters. The molecule has 0 saturated carbocycles. The van der Waals surface area contributed by atoms with Crippen molar-refractivity contribution in [3.8, 4) is 11.4 Å². The van der Waals surface area contributed by atoms with Gasteiger partial charge in [0.2, 0.25) is 5.91 Å². The van der Waals surface area contributed by atoms with Gasteiger partial charge in [-0.3, -0.25) is 4.79 Å². The minimum absolute atomic E-state index is 0.110. The number of carbonyl (C=O) groups excluding carboxylic acids is 1. The highest BCUT2D eigenvalue weighted by atomic mass is 16.5. The molecule has 0 fully saturated rings. The topological polar surface area (TPSA) is 81.1 Å². The Balaban J connectivity index is 2.04. The Hall–Kier alpha value is -2.25. The van der Waals surface area contributed by atoms with Crippen molar-refractivity contribution in [1.29, 1.82) is 0 Å². The van der Waals surface area contributed by atoms with Crippen molar-refractivity contribution in [2.24, 2.45) is 7.05 Å². The third kappa shape index (κ3) is 4.11. The second-order valence-corrected chi connectivity index (χ2v) is 4.53. The maximum Gasteiger partial charge on any atom is 0.238 e. The zero-order chi connectivity index (χ0) is 15.1. The van der Waals surface area contributed by atoms with Crippen LogP contribution in [0.3, 0.4) is 0 Å². The summed E-state index contributed by atoms with van der Waals surface area (Å²) in [6.07, 6.45) is 1.63. The minimum atomic E-state index is -0.110. The van der Waals surface area contributed by atoms with Crippen LogP contribution in [0.25, 0.3) is 11.4 Å². The maximum absolute atomic E-state index is 11.9. The van der Waals surface area contributed by atoms with E-state index >= 15 is 0 Å². The van der Waals surface area contributed by atoms with Crippen LogP contribution in [0, 0.1) is 0 Å². The normalized spacial score (nSPS) is 10.6. The molecule has 0 radical (unpaired) electrons. The van der Waals surface area contributed by atoms with Gasteiger partial charge in [-0.1, -0.05) is 12.1 Å². The molecule has 1 aromatic carbocycles. The highest BCUT2D eigenvalue weighted by Gasteiger charge is 2.11. The van der Waals surface area contributed by atoms with E-state index in [9.17, 15) is 4.79 Å². The fraction of sp³-hybridized carbons (Fsp3) is 0.357. The summed E-state index contributed by atoms with van der Waals surface area (Å²) in [5.41, 5.74) is 1.55. The summed E-state index contributed by atoms with van der Waals surface area (Å²) >= 11 is 0. The summed E-state index contributed by atoms with van der Waals surface area (Å²) in [5.74, 6) is 0.596. The minimum Gasteiger partial charge on any atom is -0.383 e. The molecule has 7 nitrogen and oxygen atoms in total. The number of para-hydroxylation sites is 1. The molecule has 2 aromatic rings. The van der Waals surface area contributed by atoms with E-state index in [1.807, 2.05) is 35.9 Å². The first kappa shape index (κ1) is 15.1. The third-order valence-corrected chi connectivity index (χ3v) is 2.92. The van der Waals surface area contributed by atoms with Gasteiger partial charge in [0.1, 0.15) is 6.33 Å². The molecule has 21 heavy (non-hydrogen) atoms. The summed E-state index contributed by atoms with van der Waals surface area (Å²) in [4.78, 5) is 11.9. The number of ether oxygens (including phenoxy) is 1. The first-order valence-corrected chi connectivity index (χ1v) is 6.65. The van der Waals surface area contributed by atoms with Crippen molar-refractivity contribution in [3.05, 3.63) is 30.6 Å². The lowest BCUT2D eigenvalue weighted by atomic mass is 10.1. The molecular weight excluding hydrogens is 270 g/mol. The molecule has 1 amide bonds. The Kier molecular flexibility index (Phi) is 5.42. The van der Waals surface area contributed by atoms with Gasteiger partial charge in [-0.15, -0.1) is 10.2 Å². The second-order valence-electron chi connectivity index (χ2n) is 4.53. The number of nitrogens with one attached hydrogen (secondary N) is 2. The number of aryl methyl sites for hydroxylation is 1. The molecule has 2 rings (SSSR count). The van der Waals surface area contributed by atoms with Crippen LogP contribution < -0.4 is 10.6 Å². The van der Waals surface area contributed by atoms with Crippen molar-refractivity contribution in [2.75, 3.05) is 32.1 Å². The Labute approximate surface area is 123 Å². The summed E-state index contributed by atoms with van der Waals surface area (Å²) in [7, 11) is 3.49. The SMILES string of the molecule is COCCNCC(=O)Nc1ccccc1-c1nncn1C. The zero-order valence-electron chi connectivity index (χ0n) is 12.2. The van der Waals surface area contributed by atoms with E-state index in [1.54, 1.807) is 13.4 Å². The number of nitrogens with zero attached hydrogens (tertiary/aromatic N) is 3. The highest BCUT2D eigenvalue weighted by Crippen LogP contribution is 2.25. The molecular formula is C14H19N5O2. The van der Waals surface area contributed by atoms with Crippen LogP contribution in [0.5, 0.6) is 0 Å². The average Bonchev–Trinajstić information content (AvgIpc) is 2.90. The molecule has 112 valence electrons. The molecule has 0 spiro atoms. The van der Waals surface area contributed by atoms with Gasteiger partial charge in [-0.2, -0.15) is 0 Å². The lowest BCUT2D eigenvalue weighted by Gasteiger charge is -2.11. The van der Waals surface area contributed by atoms with E-state index in [-0.39, 0.29) is 12.5 Å². The van der Waals surface area contributed by atoms with Gasteiger partial charge in [0.05, 0.1) is 18.8 Å². The number of rotatable bonds is 7. The first-order chi connectivity index (χ1) is 10.2. The van der Waals surface area contributed by atoms with E-state index < -0.39 is 0 Å². The van der Waals surface area contributed by atoms with E-state index in [2.05, 4.69) is 20.8 Å². The smallest absolute Gasteiger partial charge is 0.238 e. The Morgan fingerprint density at radius 2 is 2.19 bits per heavy atom. The fourth-order valence-electron chi connectivity index (χ4n) is 1.88. The van der Waals surface area contributed by atoms with Gasteiger partial charge in [0.25, 0.3) is 0 Å². The molecule has 0 bridgehead atoms. The molecule has 0 aliphatic rings. The van der Waals surface area contributed by atoms with Crippen molar-refractivity contribution < 1.29 is 9.53 Å². The number of methoxy groups -OCH3 is 1. The number of benzene rings is 1. The van der Waals surface area contributed by atoms with Crippen LogP contribution in [0.15, 0.2) is 30.6 Å². The van der Waals surface area contributed by atoms with Gasteiger partial charge in [-0.25, -0.2) is 0 Å². The second kappa shape index (κ2) is 7.51. The predicted molar refractivity (Wildman–Crippen MR) is 79.8 cm³/mol. The standard InChI is InChI=1S/C14H19N5O2/c1-19-10-16-18-14(19)11-5-3-4-6-12(11)17-13(20)9-15-7-8-21-2/h3-6,10,15H,7-9H2,1-2H3,(H,17,20). The summed E-state index contributed by atoms with van der Waals surface area (Å²) in [5, 5.41) is 13.8. The Morgan fingerprint density at radius 1 is 1.38 bits per heavy atom. The Bertz CT molecular complexity index is 597. The van der Waals surface area contributed by atoms with Crippen molar-refractivity contribution in [2.45, 2.75) is 0 Å². The molecule has 2 N–H and O–H groups in total. The number of hydrogen-bond acceptors (Lipinski definition) is 5. The van der Waals surface area contributed by atoms with E-state index in [0.29, 0.717) is 24.7 Å². The van der Waals surface area contributed by atoms with Gasteiger partial charge in [0.15, 0.2) is 5.82 Å². The molecule has 1 aromatic heterocycles. The molecule has 7 heteroatoms. The van der Waals surface area contributed by atoms with Gasteiger partial charge < -0.3 is 19.9 Å². The monoisotopic (exact) mass is 289 g/mol. The summed E-state index contributed by atoms with van der Waals surface area (Å²) in [6, 6.07) is 7.51. The van der Waals surface area contributed by atoms with Crippen molar-refractivity contribution in [1.82, 2.24) is 20.1 Å². The Morgan fingerprint density at radius 3 is 2.90 bits per heavy atom. The van der Waals surface area contributed by atoms with Crippen LogP contribution in [0.4, 0.5) is 5.69 Å². The molecule has 1 heterocycles. The van der Waals surface area contributed by atoms with Crippen molar-refractivity contribution in [3.63, 3.8) is 0 Å². The molecule has 0 aliphatic heterocycles. The lowest BCUT2D eigenvalue weighted by Crippen LogP contribution is -2.30. The van der Waals surface area contributed by atoms with Crippen LogP contribution in [0.2, 0.25) is 0 Å². The number of hydrogen-bond donors (Lipinski definition) is 2.